The Morgan fingerprint density at radius 3 is 2.50 bits per heavy atom. The van der Waals surface area contributed by atoms with Gasteiger partial charge in [-0.3, -0.25) is 14.5 Å². The first-order valence-electron chi connectivity index (χ1n) is 8.16. The van der Waals surface area contributed by atoms with Gasteiger partial charge in [0.1, 0.15) is 6.10 Å². The summed E-state index contributed by atoms with van der Waals surface area (Å²) in [5.74, 6) is -2.22. The van der Waals surface area contributed by atoms with Crippen LogP contribution in [-0.2, 0) is 19.1 Å². The molecule has 0 amide bonds. The number of rotatable bonds is 0. The van der Waals surface area contributed by atoms with Crippen LogP contribution in [0.4, 0.5) is 0 Å². The quantitative estimate of drug-likeness (QED) is 0.659. The average molecular weight is 311 g/mol. The lowest BCUT2D eigenvalue weighted by Crippen LogP contribution is -2.48. The average Bonchev–Trinajstić information content (AvgIpc) is 3.05. The summed E-state index contributed by atoms with van der Waals surface area (Å²) in [6, 6.07) is 0.141. The molecule has 6 heteroatoms. The van der Waals surface area contributed by atoms with Crippen LogP contribution in [0, 0.1) is 17.8 Å². The number of esters is 2. The maximum absolute atomic E-state index is 12.4. The van der Waals surface area contributed by atoms with Gasteiger partial charge in [-0.15, -0.1) is 0 Å². The predicted molar refractivity (Wildman–Crippen MR) is 77.9 cm³/mol. The summed E-state index contributed by atoms with van der Waals surface area (Å²) in [6.07, 6.45) is 1.60. The normalized spacial score (nSPS) is 46.6. The topological polar surface area (TPSA) is 76.1 Å². The fourth-order valence-electron chi connectivity index (χ4n) is 3.94. The molecule has 6 atom stereocenters. The second-order valence-corrected chi connectivity index (χ2v) is 7.14. The van der Waals surface area contributed by atoms with Gasteiger partial charge in [-0.25, -0.2) is 0 Å². The Morgan fingerprint density at radius 1 is 1.14 bits per heavy atom. The van der Waals surface area contributed by atoms with Gasteiger partial charge >= 0.3 is 11.9 Å². The van der Waals surface area contributed by atoms with Crippen LogP contribution in [0.3, 0.4) is 0 Å². The molecule has 3 heterocycles. The predicted octanol–water partition coefficient (Wildman–Crippen LogP) is 0.572. The number of carbonyl (C=O) groups excluding carboxylic acids is 2. The minimum atomic E-state index is -1.48. The highest BCUT2D eigenvalue weighted by Gasteiger charge is 2.50. The second-order valence-electron chi connectivity index (χ2n) is 7.14. The molecule has 0 saturated carbocycles. The smallest absolute Gasteiger partial charge is 0.311 e. The Hall–Kier alpha value is -1.14. The number of aliphatic hydroxyl groups is 1. The molecule has 3 rings (SSSR count). The van der Waals surface area contributed by atoms with Gasteiger partial charge in [0.25, 0.3) is 0 Å². The zero-order valence-electron chi connectivity index (χ0n) is 13.4. The van der Waals surface area contributed by atoms with E-state index >= 15 is 0 Å². The number of carbonyl (C=O) groups is 2. The van der Waals surface area contributed by atoms with E-state index < -0.39 is 29.4 Å². The second kappa shape index (κ2) is 5.49. The first-order valence-corrected chi connectivity index (χ1v) is 8.16. The van der Waals surface area contributed by atoms with E-state index in [-0.39, 0.29) is 18.1 Å². The molecule has 6 nitrogen and oxygen atoms in total. The van der Waals surface area contributed by atoms with Crippen molar-refractivity contribution in [3.63, 3.8) is 0 Å². The van der Waals surface area contributed by atoms with Crippen LogP contribution in [0.1, 0.15) is 33.6 Å². The summed E-state index contributed by atoms with van der Waals surface area (Å²) in [5, 5.41) is 10.6. The molecule has 3 aliphatic rings. The summed E-state index contributed by atoms with van der Waals surface area (Å²) in [4.78, 5) is 27.0. The fraction of sp³-hybridized carbons (Fsp3) is 0.875. The first-order chi connectivity index (χ1) is 10.3. The molecule has 3 saturated heterocycles. The van der Waals surface area contributed by atoms with Crippen LogP contribution < -0.4 is 0 Å². The molecule has 3 fully saturated rings. The van der Waals surface area contributed by atoms with Gasteiger partial charge in [-0.2, -0.15) is 0 Å². The van der Waals surface area contributed by atoms with Crippen molar-refractivity contribution in [2.24, 2.45) is 17.8 Å². The van der Waals surface area contributed by atoms with Crippen molar-refractivity contribution < 1.29 is 24.2 Å². The highest BCUT2D eigenvalue weighted by Crippen LogP contribution is 2.37. The van der Waals surface area contributed by atoms with Crippen LogP contribution in [-0.4, -0.2) is 59.4 Å². The van der Waals surface area contributed by atoms with Crippen LogP contribution in [0.15, 0.2) is 0 Å². The maximum atomic E-state index is 12.4. The SMILES string of the molecule is C[C@@H]1C(=O)OC[C@@H]2CCN3CC[C@@H](OC(=O)[C@@H](C)[C@@]1(C)O)[C@@H]23. The Labute approximate surface area is 130 Å². The molecule has 0 aromatic carbocycles. The van der Waals surface area contributed by atoms with Gasteiger partial charge in [-0.1, -0.05) is 0 Å². The molecule has 0 aromatic rings. The van der Waals surface area contributed by atoms with Crippen LogP contribution in [0.2, 0.25) is 0 Å². The largest absolute Gasteiger partial charge is 0.465 e. The summed E-state index contributed by atoms with van der Waals surface area (Å²) in [5.41, 5.74) is -1.48. The number of nitrogens with zero attached hydrogens (tertiary/aromatic N) is 1. The summed E-state index contributed by atoms with van der Waals surface area (Å²) in [6.45, 7) is 6.93. The summed E-state index contributed by atoms with van der Waals surface area (Å²) < 4.78 is 11.2. The lowest BCUT2D eigenvalue weighted by Gasteiger charge is -2.33. The van der Waals surface area contributed by atoms with Crippen LogP contribution in [0.25, 0.3) is 0 Å². The molecule has 0 spiro atoms. The lowest BCUT2D eigenvalue weighted by molar-refractivity contribution is -0.171. The van der Waals surface area contributed by atoms with E-state index in [1.807, 2.05) is 0 Å². The van der Waals surface area contributed by atoms with Gasteiger partial charge in [0, 0.05) is 12.5 Å². The van der Waals surface area contributed by atoms with E-state index in [4.69, 9.17) is 9.47 Å². The molecule has 0 aromatic heterocycles. The molecule has 0 bridgehead atoms. The van der Waals surface area contributed by atoms with E-state index in [0.717, 1.165) is 25.9 Å². The van der Waals surface area contributed by atoms with E-state index in [0.29, 0.717) is 6.61 Å². The summed E-state index contributed by atoms with van der Waals surface area (Å²) >= 11 is 0. The van der Waals surface area contributed by atoms with Gasteiger partial charge < -0.3 is 14.6 Å². The van der Waals surface area contributed by atoms with Crippen LogP contribution >= 0.6 is 0 Å². The molecule has 124 valence electrons. The molecule has 22 heavy (non-hydrogen) atoms. The first kappa shape index (κ1) is 15.7. The Morgan fingerprint density at radius 2 is 1.77 bits per heavy atom. The van der Waals surface area contributed by atoms with Crippen molar-refractivity contribution in [3.8, 4) is 0 Å². The molecule has 0 unspecified atom stereocenters. The van der Waals surface area contributed by atoms with Crippen molar-refractivity contribution in [1.29, 1.82) is 0 Å². The fourth-order valence-corrected chi connectivity index (χ4v) is 3.94. The standard InChI is InChI=1S/C16H25NO5/c1-9-14(18)21-8-11-4-6-17-7-5-12(13(11)17)22-15(19)10(2)16(9,3)20/h9-13,20H,4-8H2,1-3H3/t9-,10-,11+,12-,13-,16+/m1/s1. The zero-order valence-corrected chi connectivity index (χ0v) is 13.4. The lowest BCUT2D eigenvalue weighted by atomic mass is 9.80. The van der Waals surface area contributed by atoms with E-state index in [9.17, 15) is 14.7 Å². The Balaban J connectivity index is 1.89. The van der Waals surface area contributed by atoms with E-state index in [1.54, 1.807) is 13.8 Å². The van der Waals surface area contributed by atoms with Gasteiger partial charge in [0.2, 0.25) is 0 Å². The zero-order chi connectivity index (χ0) is 16.1. The van der Waals surface area contributed by atoms with Crippen molar-refractivity contribution in [3.05, 3.63) is 0 Å². The van der Waals surface area contributed by atoms with E-state index in [2.05, 4.69) is 4.90 Å². The molecule has 0 aliphatic carbocycles. The highest BCUT2D eigenvalue weighted by molar-refractivity contribution is 5.78. The molecular formula is C16H25NO5. The van der Waals surface area contributed by atoms with Crippen LogP contribution in [0.5, 0.6) is 0 Å². The van der Waals surface area contributed by atoms with E-state index in [1.165, 1.54) is 6.92 Å². The maximum Gasteiger partial charge on any atom is 0.311 e. The van der Waals surface area contributed by atoms with Crippen molar-refractivity contribution in [1.82, 2.24) is 4.90 Å². The minimum Gasteiger partial charge on any atom is -0.465 e. The van der Waals surface area contributed by atoms with Crippen molar-refractivity contribution in [2.75, 3.05) is 19.7 Å². The number of cyclic esters (lactones) is 1. The Kier molecular flexibility index (Phi) is 3.93. The van der Waals surface area contributed by atoms with Gasteiger partial charge in [0.05, 0.1) is 30.1 Å². The molecule has 1 N–H and O–H groups in total. The van der Waals surface area contributed by atoms with Crippen molar-refractivity contribution in [2.45, 2.75) is 51.4 Å². The summed E-state index contributed by atoms with van der Waals surface area (Å²) in [7, 11) is 0. The third-order valence-electron chi connectivity index (χ3n) is 5.94. The molecule has 3 aliphatic heterocycles. The molecular weight excluding hydrogens is 286 g/mol. The number of ether oxygens (including phenoxy) is 2. The monoisotopic (exact) mass is 311 g/mol. The highest BCUT2D eigenvalue weighted by atomic mass is 16.6. The minimum absolute atomic E-state index is 0.141. The molecule has 0 radical (unpaired) electrons. The number of hydrogen-bond acceptors (Lipinski definition) is 6. The Bertz CT molecular complexity index is 477. The number of hydrogen-bond donors (Lipinski definition) is 1. The third-order valence-corrected chi connectivity index (χ3v) is 5.94. The van der Waals surface area contributed by atoms with Crippen molar-refractivity contribution >= 4 is 11.9 Å². The third kappa shape index (κ3) is 2.42. The van der Waals surface area contributed by atoms with Gasteiger partial charge in [0.15, 0.2) is 0 Å². The van der Waals surface area contributed by atoms with Gasteiger partial charge in [-0.05, 0) is 40.2 Å².